The third kappa shape index (κ3) is 3.28. The molecular weight excluding hydrogens is 236 g/mol. The molecule has 0 amide bonds. The topological polar surface area (TPSA) is 24.5 Å². The van der Waals surface area contributed by atoms with E-state index in [2.05, 4.69) is 50.0 Å². The van der Waals surface area contributed by atoms with Crippen molar-refractivity contribution in [1.82, 2.24) is 10.2 Å². The van der Waals surface area contributed by atoms with Gasteiger partial charge in [-0.2, -0.15) is 0 Å². The van der Waals surface area contributed by atoms with Gasteiger partial charge in [0.1, 0.15) is 5.75 Å². The van der Waals surface area contributed by atoms with Crippen molar-refractivity contribution in [2.24, 2.45) is 0 Å². The Hall–Kier alpha value is -1.06. The quantitative estimate of drug-likeness (QED) is 0.906. The van der Waals surface area contributed by atoms with Crippen molar-refractivity contribution in [2.75, 3.05) is 20.2 Å². The fraction of sp³-hybridized carbons (Fsp3) is 0.625. The summed E-state index contributed by atoms with van der Waals surface area (Å²) in [5.41, 5.74) is 1.54. The minimum atomic E-state index is 0.188. The molecule has 1 aromatic rings. The molecule has 2 unspecified atom stereocenters. The summed E-state index contributed by atoms with van der Waals surface area (Å²) in [5.74, 6) is 0.921. The van der Waals surface area contributed by atoms with Crippen LogP contribution in [0.5, 0.6) is 5.75 Å². The van der Waals surface area contributed by atoms with Gasteiger partial charge in [0, 0.05) is 30.7 Å². The molecule has 106 valence electrons. The molecule has 19 heavy (non-hydrogen) atoms. The Morgan fingerprint density at radius 1 is 1.32 bits per heavy atom. The van der Waals surface area contributed by atoms with Crippen molar-refractivity contribution in [3.05, 3.63) is 29.8 Å². The Morgan fingerprint density at radius 2 is 1.95 bits per heavy atom. The molecule has 1 heterocycles. The average molecular weight is 262 g/mol. The Labute approximate surface area is 116 Å². The van der Waals surface area contributed by atoms with E-state index in [-0.39, 0.29) is 5.54 Å². The van der Waals surface area contributed by atoms with Gasteiger partial charge < -0.3 is 10.1 Å². The molecule has 1 fully saturated rings. The van der Waals surface area contributed by atoms with Gasteiger partial charge in [-0.3, -0.25) is 4.90 Å². The van der Waals surface area contributed by atoms with Crippen LogP contribution in [0.1, 0.15) is 39.3 Å². The van der Waals surface area contributed by atoms with Crippen molar-refractivity contribution in [2.45, 2.75) is 45.3 Å². The molecule has 1 N–H and O–H groups in total. The highest BCUT2D eigenvalue weighted by molar-refractivity contribution is 5.29. The number of nitrogens with one attached hydrogen (secondary N) is 1. The molecule has 0 spiro atoms. The second-order valence-electron chi connectivity index (χ2n) is 6.24. The molecule has 0 radical (unpaired) electrons. The number of hydrogen-bond acceptors (Lipinski definition) is 3. The summed E-state index contributed by atoms with van der Waals surface area (Å²) in [4.78, 5) is 2.58. The highest BCUT2D eigenvalue weighted by atomic mass is 16.5. The van der Waals surface area contributed by atoms with Crippen LogP contribution in [0.4, 0.5) is 0 Å². The van der Waals surface area contributed by atoms with Crippen molar-refractivity contribution in [3.8, 4) is 5.75 Å². The van der Waals surface area contributed by atoms with Gasteiger partial charge in [-0.15, -0.1) is 0 Å². The summed E-state index contributed by atoms with van der Waals surface area (Å²) < 4.78 is 5.23. The molecule has 3 nitrogen and oxygen atoms in total. The van der Waals surface area contributed by atoms with E-state index >= 15 is 0 Å². The second kappa shape index (κ2) is 5.51. The number of ether oxygens (including phenoxy) is 1. The first-order valence-electron chi connectivity index (χ1n) is 7.08. The first-order chi connectivity index (χ1) is 8.93. The molecule has 1 aliphatic rings. The van der Waals surface area contributed by atoms with Crippen LogP contribution in [0.2, 0.25) is 0 Å². The van der Waals surface area contributed by atoms with Gasteiger partial charge in [-0.1, -0.05) is 12.1 Å². The summed E-state index contributed by atoms with van der Waals surface area (Å²) in [7, 11) is 1.71. The summed E-state index contributed by atoms with van der Waals surface area (Å²) in [6, 6.07) is 9.43. The van der Waals surface area contributed by atoms with Gasteiger partial charge in [0.25, 0.3) is 0 Å². The number of nitrogens with zero attached hydrogens (tertiary/aromatic N) is 1. The maximum Gasteiger partial charge on any atom is 0.118 e. The molecule has 0 saturated carbocycles. The molecule has 2 rings (SSSR count). The maximum absolute atomic E-state index is 5.23. The van der Waals surface area contributed by atoms with Crippen molar-refractivity contribution < 1.29 is 4.74 Å². The largest absolute Gasteiger partial charge is 0.497 e. The minimum absolute atomic E-state index is 0.188. The molecule has 0 bridgehead atoms. The number of piperazine rings is 1. The molecule has 1 aromatic carbocycles. The average Bonchev–Trinajstić information content (AvgIpc) is 2.41. The summed E-state index contributed by atoms with van der Waals surface area (Å²) in [5, 5.41) is 3.60. The summed E-state index contributed by atoms with van der Waals surface area (Å²) in [6.45, 7) is 11.2. The lowest BCUT2D eigenvalue weighted by molar-refractivity contribution is 0.0689. The number of hydrogen-bond donors (Lipinski definition) is 1. The van der Waals surface area contributed by atoms with Crippen LogP contribution in [0.25, 0.3) is 0 Å². The van der Waals surface area contributed by atoms with Crippen molar-refractivity contribution >= 4 is 0 Å². The third-order valence-corrected chi connectivity index (χ3v) is 4.12. The normalized spacial score (nSPS) is 25.0. The van der Waals surface area contributed by atoms with E-state index in [9.17, 15) is 0 Å². The van der Waals surface area contributed by atoms with Crippen LogP contribution in [-0.4, -0.2) is 36.7 Å². The Kier molecular flexibility index (Phi) is 4.16. The molecule has 0 aromatic heterocycles. The van der Waals surface area contributed by atoms with Crippen molar-refractivity contribution in [3.63, 3.8) is 0 Å². The maximum atomic E-state index is 5.23. The smallest absolute Gasteiger partial charge is 0.118 e. The second-order valence-corrected chi connectivity index (χ2v) is 6.24. The number of benzene rings is 1. The first-order valence-corrected chi connectivity index (χ1v) is 7.08. The van der Waals surface area contributed by atoms with Gasteiger partial charge >= 0.3 is 0 Å². The SMILES string of the molecule is COc1ccc(C(C)N2CC(C)(C)NCC2C)cc1. The molecule has 3 heteroatoms. The van der Waals surface area contributed by atoms with E-state index in [0.29, 0.717) is 12.1 Å². The van der Waals surface area contributed by atoms with Gasteiger partial charge in [-0.05, 0) is 45.4 Å². The fourth-order valence-corrected chi connectivity index (χ4v) is 2.80. The van der Waals surface area contributed by atoms with Crippen LogP contribution in [0.3, 0.4) is 0 Å². The van der Waals surface area contributed by atoms with Gasteiger partial charge in [0.15, 0.2) is 0 Å². The highest BCUT2D eigenvalue weighted by Crippen LogP contribution is 2.28. The van der Waals surface area contributed by atoms with E-state index in [1.54, 1.807) is 7.11 Å². The molecular formula is C16H26N2O. The molecule has 1 saturated heterocycles. The fourth-order valence-electron chi connectivity index (χ4n) is 2.80. The Bertz CT molecular complexity index is 413. The number of rotatable bonds is 3. The highest BCUT2D eigenvalue weighted by Gasteiger charge is 2.33. The van der Waals surface area contributed by atoms with Gasteiger partial charge in [0.2, 0.25) is 0 Å². The van der Waals surface area contributed by atoms with E-state index in [1.807, 2.05) is 12.1 Å². The lowest BCUT2D eigenvalue weighted by atomic mass is 9.95. The predicted octanol–water partition coefficient (Wildman–Crippen LogP) is 2.83. The zero-order chi connectivity index (χ0) is 14.0. The van der Waals surface area contributed by atoms with Crippen LogP contribution >= 0.6 is 0 Å². The van der Waals surface area contributed by atoms with Crippen molar-refractivity contribution in [1.29, 1.82) is 0 Å². The number of methoxy groups -OCH3 is 1. The Balaban J connectivity index is 2.14. The first kappa shape index (κ1) is 14.4. The van der Waals surface area contributed by atoms with Gasteiger partial charge in [-0.25, -0.2) is 0 Å². The van der Waals surface area contributed by atoms with E-state index in [1.165, 1.54) is 5.56 Å². The minimum Gasteiger partial charge on any atom is -0.497 e. The Morgan fingerprint density at radius 3 is 2.53 bits per heavy atom. The zero-order valence-electron chi connectivity index (χ0n) is 12.7. The lowest BCUT2D eigenvalue weighted by Crippen LogP contribution is -2.61. The molecule has 0 aliphatic carbocycles. The monoisotopic (exact) mass is 262 g/mol. The van der Waals surface area contributed by atoms with Crippen LogP contribution in [0.15, 0.2) is 24.3 Å². The van der Waals surface area contributed by atoms with Crippen LogP contribution in [0, 0.1) is 0 Å². The predicted molar refractivity (Wildman–Crippen MR) is 79.7 cm³/mol. The van der Waals surface area contributed by atoms with E-state index in [0.717, 1.165) is 18.8 Å². The zero-order valence-corrected chi connectivity index (χ0v) is 12.7. The lowest BCUT2D eigenvalue weighted by Gasteiger charge is -2.46. The standard InChI is InChI=1S/C16H26N2O/c1-12-10-17-16(3,4)11-18(12)13(2)14-6-8-15(19-5)9-7-14/h6-9,12-13,17H,10-11H2,1-5H3. The van der Waals surface area contributed by atoms with E-state index in [4.69, 9.17) is 4.74 Å². The molecule has 2 atom stereocenters. The van der Waals surface area contributed by atoms with Crippen LogP contribution in [-0.2, 0) is 0 Å². The molecule has 1 aliphatic heterocycles. The van der Waals surface area contributed by atoms with E-state index < -0.39 is 0 Å². The summed E-state index contributed by atoms with van der Waals surface area (Å²) >= 11 is 0. The third-order valence-electron chi connectivity index (χ3n) is 4.12. The van der Waals surface area contributed by atoms with Gasteiger partial charge in [0.05, 0.1) is 7.11 Å². The summed E-state index contributed by atoms with van der Waals surface area (Å²) in [6.07, 6.45) is 0. The van der Waals surface area contributed by atoms with Crippen LogP contribution < -0.4 is 10.1 Å².